The van der Waals surface area contributed by atoms with Crippen LogP contribution in [0.4, 0.5) is 0 Å². The van der Waals surface area contributed by atoms with Crippen LogP contribution in [0.1, 0.15) is 23.2 Å². The molecule has 0 amide bonds. The molecule has 80 valence electrons. The maximum absolute atomic E-state index is 8.82. The second kappa shape index (κ2) is 4.07. The van der Waals surface area contributed by atoms with Gasteiger partial charge in [-0.25, -0.2) is 0 Å². The van der Waals surface area contributed by atoms with Crippen LogP contribution < -0.4 is 0 Å². The molecule has 0 aliphatic carbocycles. The molecule has 2 nitrogen and oxygen atoms in total. The van der Waals surface area contributed by atoms with Crippen LogP contribution in [-0.2, 0) is 6.42 Å². The smallest absolute Gasteiger partial charge is 0.0459 e. The van der Waals surface area contributed by atoms with Crippen molar-refractivity contribution in [2.45, 2.75) is 26.7 Å². The number of H-pyrrole nitrogens is 1. The predicted octanol–water partition coefficient (Wildman–Crippen LogP) is 2.71. The zero-order valence-corrected chi connectivity index (χ0v) is 9.30. The average Bonchev–Trinajstić information content (AvgIpc) is 2.53. The third kappa shape index (κ3) is 1.90. The van der Waals surface area contributed by atoms with E-state index < -0.39 is 0 Å². The Morgan fingerprint density at radius 1 is 1.27 bits per heavy atom. The molecule has 1 heterocycles. The molecule has 2 aromatic rings. The second-order valence-corrected chi connectivity index (χ2v) is 4.10. The van der Waals surface area contributed by atoms with Crippen molar-refractivity contribution in [2.75, 3.05) is 6.61 Å². The van der Waals surface area contributed by atoms with Gasteiger partial charge in [0.15, 0.2) is 0 Å². The number of hydrogen-bond acceptors (Lipinski definition) is 1. The van der Waals surface area contributed by atoms with Gasteiger partial charge in [-0.1, -0.05) is 11.6 Å². The van der Waals surface area contributed by atoms with E-state index in [0.29, 0.717) is 0 Å². The minimum absolute atomic E-state index is 0.258. The summed E-state index contributed by atoms with van der Waals surface area (Å²) in [5.41, 5.74) is 5.07. The Morgan fingerprint density at radius 2 is 2.07 bits per heavy atom. The molecule has 1 aromatic carbocycles. The Hall–Kier alpha value is -1.28. The van der Waals surface area contributed by atoms with E-state index in [1.54, 1.807) is 0 Å². The highest BCUT2D eigenvalue weighted by atomic mass is 16.2. The Kier molecular flexibility index (Phi) is 2.78. The average molecular weight is 203 g/mol. The number of aryl methyl sites for hydroxylation is 3. The molecule has 0 unspecified atom stereocenters. The number of aliphatic hydroxyl groups excluding tert-OH is 1. The minimum atomic E-state index is 0.258. The van der Waals surface area contributed by atoms with Crippen LogP contribution in [0, 0.1) is 13.8 Å². The molecule has 0 radical (unpaired) electrons. The summed E-state index contributed by atoms with van der Waals surface area (Å²) in [5.74, 6) is 0. The summed E-state index contributed by atoms with van der Waals surface area (Å²) in [4.78, 5) is 3.41. The van der Waals surface area contributed by atoms with Gasteiger partial charge in [0, 0.05) is 23.2 Å². The summed E-state index contributed by atoms with van der Waals surface area (Å²) in [6.45, 7) is 4.51. The second-order valence-electron chi connectivity index (χ2n) is 4.10. The Balaban J connectivity index is 2.45. The molecular weight excluding hydrogens is 186 g/mol. The highest BCUT2D eigenvalue weighted by molar-refractivity contribution is 5.85. The van der Waals surface area contributed by atoms with Crippen LogP contribution in [0.25, 0.3) is 10.9 Å². The highest BCUT2D eigenvalue weighted by Gasteiger charge is 2.06. The SMILES string of the molecule is Cc1ccc2[nH]c(CCCO)c(C)c2c1. The monoisotopic (exact) mass is 203 g/mol. The molecule has 0 bridgehead atoms. The lowest BCUT2D eigenvalue weighted by atomic mass is 10.1. The molecule has 1 aromatic heterocycles. The van der Waals surface area contributed by atoms with Gasteiger partial charge >= 0.3 is 0 Å². The zero-order valence-electron chi connectivity index (χ0n) is 9.30. The van der Waals surface area contributed by atoms with E-state index in [1.807, 2.05) is 0 Å². The molecule has 0 spiro atoms. The predicted molar refractivity (Wildman–Crippen MR) is 63.2 cm³/mol. The minimum Gasteiger partial charge on any atom is -0.396 e. The first-order valence-corrected chi connectivity index (χ1v) is 5.41. The van der Waals surface area contributed by atoms with Crippen LogP contribution in [0.5, 0.6) is 0 Å². The van der Waals surface area contributed by atoms with Gasteiger partial charge in [-0.3, -0.25) is 0 Å². The first kappa shape index (κ1) is 10.2. The molecular formula is C13H17NO. The standard InChI is InChI=1S/C13H17NO/c1-9-5-6-13-11(8-9)10(2)12(14-13)4-3-7-15/h5-6,8,14-15H,3-4,7H2,1-2H3. The molecule has 0 atom stereocenters. The summed E-state index contributed by atoms with van der Waals surface area (Å²) < 4.78 is 0. The van der Waals surface area contributed by atoms with Crippen molar-refractivity contribution >= 4 is 10.9 Å². The Bertz CT molecular complexity index is 471. The number of fused-ring (bicyclic) bond motifs is 1. The number of aliphatic hydroxyl groups is 1. The van der Waals surface area contributed by atoms with Gasteiger partial charge in [-0.05, 0) is 44.4 Å². The van der Waals surface area contributed by atoms with Crippen molar-refractivity contribution in [3.63, 3.8) is 0 Å². The maximum atomic E-state index is 8.82. The van der Waals surface area contributed by atoms with Crippen molar-refractivity contribution in [3.8, 4) is 0 Å². The third-order valence-electron chi connectivity index (χ3n) is 2.90. The topological polar surface area (TPSA) is 36.0 Å². The van der Waals surface area contributed by atoms with E-state index in [0.717, 1.165) is 12.8 Å². The van der Waals surface area contributed by atoms with E-state index in [4.69, 9.17) is 5.11 Å². The highest BCUT2D eigenvalue weighted by Crippen LogP contribution is 2.23. The van der Waals surface area contributed by atoms with E-state index in [-0.39, 0.29) is 6.61 Å². The van der Waals surface area contributed by atoms with Gasteiger partial charge in [-0.2, -0.15) is 0 Å². The number of rotatable bonds is 3. The van der Waals surface area contributed by atoms with Gasteiger partial charge in [0.25, 0.3) is 0 Å². The van der Waals surface area contributed by atoms with Gasteiger partial charge in [-0.15, -0.1) is 0 Å². The summed E-state index contributed by atoms with van der Waals surface area (Å²) in [6.07, 6.45) is 1.75. The fourth-order valence-corrected chi connectivity index (χ4v) is 2.00. The normalized spacial score (nSPS) is 11.1. The fraction of sp³-hybridized carbons (Fsp3) is 0.385. The molecule has 0 saturated carbocycles. The molecule has 2 N–H and O–H groups in total. The maximum Gasteiger partial charge on any atom is 0.0459 e. The van der Waals surface area contributed by atoms with E-state index >= 15 is 0 Å². The van der Waals surface area contributed by atoms with Crippen molar-refractivity contribution in [1.82, 2.24) is 4.98 Å². The molecule has 2 heteroatoms. The van der Waals surface area contributed by atoms with E-state index in [2.05, 4.69) is 37.0 Å². The summed E-state index contributed by atoms with van der Waals surface area (Å²) in [5, 5.41) is 10.1. The summed E-state index contributed by atoms with van der Waals surface area (Å²) >= 11 is 0. The lowest BCUT2D eigenvalue weighted by molar-refractivity contribution is 0.288. The molecule has 2 rings (SSSR count). The van der Waals surface area contributed by atoms with Crippen molar-refractivity contribution < 1.29 is 5.11 Å². The van der Waals surface area contributed by atoms with Gasteiger partial charge in [0.05, 0.1) is 0 Å². The van der Waals surface area contributed by atoms with Gasteiger partial charge < -0.3 is 10.1 Å². The lowest BCUT2D eigenvalue weighted by Gasteiger charge is -1.97. The third-order valence-corrected chi connectivity index (χ3v) is 2.90. The lowest BCUT2D eigenvalue weighted by Crippen LogP contribution is -1.91. The van der Waals surface area contributed by atoms with Gasteiger partial charge in [0.2, 0.25) is 0 Å². The first-order chi connectivity index (χ1) is 7.22. The first-order valence-electron chi connectivity index (χ1n) is 5.41. The van der Waals surface area contributed by atoms with E-state index in [1.165, 1.54) is 27.7 Å². The molecule has 0 aliphatic heterocycles. The van der Waals surface area contributed by atoms with Crippen LogP contribution in [-0.4, -0.2) is 16.7 Å². The number of benzene rings is 1. The molecule has 15 heavy (non-hydrogen) atoms. The van der Waals surface area contributed by atoms with Crippen molar-refractivity contribution in [1.29, 1.82) is 0 Å². The number of nitrogens with one attached hydrogen (secondary N) is 1. The Morgan fingerprint density at radius 3 is 2.80 bits per heavy atom. The fourth-order valence-electron chi connectivity index (χ4n) is 2.00. The van der Waals surface area contributed by atoms with Crippen molar-refractivity contribution in [3.05, 3.63) is 35.0 Å². The molecule has 0 saturated heterocycles. The Labute approximate surface area is 89.9 Å². The number of aromatic amines is 1. The van der Waals surface area contributed by atoms with Crippen LogP contribution in [0.2, 0.25) is 0 Å². The summed E-state index contributed by atoms with van der Waals surface area (Å²) in [6, 6.07) is 6.46. The van der Waals surface area contributed by atoms with Crippen molar-refractivity contribution in [2.24, 2.45) is 0 Å². The molecule has 0 aliphatic rings. The largest absolute Gasteiger partial charge is 0.396 e. The van der Waals surface area contributed by atoms with Crippen LogP contribution >= 0.6 is 0 Å². The quantitative estimate of drug-likeness (QED) is 0.790. The summed E-state index contributed by atoms with van der Waals surface area (Å²) in [7, 11) is 0. The number of aromatic nitrogens is 1. The van der Waals surface area contributed by atoms with Crippen LogP contribution in [0.15, 0.2) is 18.2 Å². The van der Waals surface area contributed by atoms with Gasteiger partial charge in [0.1, 0.15) is 0 Å². The van der Waals surface area contributed by atoms with Crippen LogP contribution in [0.3, 0.4) is 0 Å². The molecule has 0 fully saturated rings. The van der Waals surface area contributed by atoms with E-state index in [9.17, 15) is 0 Å². The zero-order chi connectivity index (χ0) is 10.8. The number of hydrogen-bond donors (Lipinski definition) is 2.